The molecule has 27 heavy (non-hydrogen) atoms. The minimum atomic E-state index is -0.491. The van der Waals surface area contributed by atoms with E-state index < -0.39 is 6.09 Å². The molecule has 0 aliphatic carbocycles. The highest BCUT2D eigenvalue weighted by atomic mass is 16.5. The van der Waals surface area contributed by atoms with E-state index in [4.69, 9.17) is 9.47 Å². The van der Waals surface area contributed by atoms with Gasteiger partial charge in [-0.3, -0.25) is 5.32 Å². The molecule has 0 bridgehead atoms. The molecule has 0 unspecified atom stereocenters. The van der Waals surface area contributed by atoms with E-state index in [0.29, 0.717) is 12.3 Å². The maximum absolute atomic E-state index is 12.1. The third-order valence-corrected chi connectivity index (χ3v) is 4.26. The van der Waals surface area contributed by atoms with Crippen molar-refractivity contribution in [1.29, 1.82) is 0 Å². The Morgan fingerprint density at radius 2 is 2.15 bits per heavy atom. The van der Waals surface area contributed by atoms with Crippen LogP contribution in [-0.4, -0.2) is 22.7 Å². The Balaban J connectivity index is 1.47. The van der Waals surface area contributed by atoms with E-state index in [9.17, 15) is 4.79 Å². The van der Waals surface area contributed by atoms with Crippen molar-refractivity contribution in [3.8, 4) is 5.75 Å². The highest BCUT2D eigenvalue weighted by Crippen LogP contribution is 2.35. The van der Waals surface area contributed by atoms with Crippen LogP contribution in [0.3, 0.4) is 0 Å². The van der Waals surface area contributed by atoms with Gasteiger partial charge >= 0.3 is 6.09 Å². The first-order valence-corrected chi connectivity index (χ1v) is 8.72. The summed E-state index contributed by atoms with van der Waals surface area (Å²) in [6.45, 7) is 0.852. The molecule has 0 saturated carbocycles. The lowest BCUT2D eigenvalue weighted by Crippen LogP contribution is -2.14. The number of imidazole rings is 1. The van der Waals surface area contributed by atoms with Gasteiger partial charge in [0.05, 0.1) is 24.8 Å². The topological polar surface area (TPSA) is 76.2 Å². The van der Waals surface area contributed by atoms with Gasteiger partial charge in [-0.2, -0.15) is 0 Å². The minimum absolute atomic E-state index is 0.228. The van der Waals surface area contributed by atoms with Crippen molar-refractivity contribution in [3.05, 3.63) is 77.9 Å². The molecular formula is C21H19N3O3. The van der Waals surface area contributed by atoms with Crippen LogP contribution >= 0.6 is 0 Å². The summed E-state index contributed by atoms with van der Waals surface area (Å²) in [7, 11) is 0. The van der Waals surface area contributed by atoms with Crippen molar-refractivity contribution in [1.82, 2.24) is 9.97 Å². The average Bonchev–Trinajstić information content (AvgIpc) is 3.21. The predicted octanol–water partition coefficient (Wildman–Crippen LogP) is 4.48. The fourth-order valence-electron chi connectivity index (χ4n) is 2.95. The Labute approximate surface area is 156 Å². The number of benzene rings is 2. The van der Waals surface area contributed by atoms with Gasteiger partial charge in [0.15, 0.2) is 0 Å². The highest BCUT2D eigenvalue weighted by Gasteiger charge is 2.17. The van der Waals surface area contributed by atoms with Crippen LogP contribution in [0.4, 0.5) is 10.5 Å². The predicted molar refractivity (Wildman–Crippen MR) is 103 cm³/mol. The lowest BCUT2D eigenvalue weighted by Gasteiger charge is -2.21. The number of carbonyl (C=O) groups excluding carboxylic acids is 1. The molecular weight excluding hydrogens is 342 g/mol. The molecule has 0 saturated heterocycles. The molecule has 0 radical (unpaired) electrons. The van der Waals surface area contributed by atoms with E-state index in [1.165, 1.54) is 0 Å². The zero-order valence-corrected chi connectivity index (χ0v) is 14.6. The summed E-state index contributed by atoms with van der Waals surface area (Å²) in [6.07, 6.45) is 5.76. The summed E-state index contributed by atoms with van der Waals surface area (Å²) in [6, 6.07) is 15.1. The van der Waals surface area contributed by atoms with Gasteiger partial charge in [0, 0.05) is 17.7 Å². The maximum Gasteiger partial charge on any atom is 0.411 e. The van der Waals surface area contributed by atoms with Crippen LogP contribution in [-0.2, 0) is 11.3 Å². The molecule has 2 heterocycles. The third-order valence-electron chi connectivity index (χ3n) is 4.26. The Morgan fingerprint density at radius 3 is 2.96 bits per heavy atom. The van der Waals surface area contributed by atoms with Crippen molar-refractivity contribution < 1.29 is 14.3 Å². The lowest BCUT2D eigenvalue weighted by molar-refractivity contribution is 0.155. The van der Waals surface area contributed by atoms with Crippen LogP contribution in [0, 0.1) is 0 Å². The van der Waals surface area contributed by atoms with Crippen molar-refractivity contribution in [3.63, 3.8) is 0 Å². The van der Waals surface area contributed by atoms with Gasteiger partial charge in [-0.05, 0) is 35.4 Å². The smallest absolute Gasteiger partial charge is 0.411 e. The molecule has 2 N–H and O–H groups in total. The molecule has 0 fully saturated rings. The van der Waals surface area contributed by atoms with Crippen LogP contribution in [0.15, 0.2) is 61.1 Å². The van der Waals surface area contributed by atoms with Gasteiger partial charge in [0.25, 0.3) is 0 Å². The first-order valence-electron chi connectivity index (χ1n) is 8.72. The monoisotopic (exact) mass is 361 g/mol. The molecule has 4 rings (SSSR count). The second kappa shape index (κ2) is 7.78. The van der Waals surface area contributed by atoms with E-state index >= 15 is 0 Å². The van der Waals surface area contributed by atoms with E-state index in [-0.39, 0.29) is 6.61 Å². The van der Waals surface area contributed by atoms with E-state index in [2.05, 4.69) is 15.3 Å². The lowest BCUT2D eigenvalue weighted by atomic mass is 9.98. The fraction of sp³-hybridized carbons (Fsp3) is 0.143. The largest absolute Gasteiger partial charge is 0.493 e. The third kappa shape index (κ3) is 4.17. The number of fused-ring (bicyclic) bond motifs is 1. The summed E-state index contributed by atoms with van der Waals surface area (Å²) in [5.74, 6) is 0.801. The molecule has 136 valence electrons. The van der Waals surface area contributed by atoms with Crippen molar-refractivity contribution in [2.75, 3.05) is 11.9 Å². The van der Waals surface area contributed by atoms with Gasteiger partial charge in [-0.1, -0.05) is 30.3 Å². The quantitative estimate of drug-likeness (QED) is 0.718. The van der Waals surface area contributed by atoms with Gasteiger partial charge in [0.2, 0.25) is 0 Å². The molecule has 1 aliphatic heterocycles. The number of rotatable bonds is 4. The second-order valence-corrected chi connectivity index (χ2v) is 6.17. The number of nitrogens with zero attached hydrogens (tertiary/aromatic N) is 1. The number of aromatic nitrogens is 2. The Kier molecular flexibility index (Phi) is 4.87. The number of nitrogens with one attached hydrogen (secondary N) is 2. The molecule has 3 aromatic rings. The number of hydrogen-bond acceptors (Lipinski definition) is 4. The van der Waals surface area contributed by atoms with Crippen molar-refractivity contribution in [2.45, 2.75) is 13.0 Å². The van der Waals surface area contributed by atoms with Crippen LogP contribution < -0.4 is 10.1 Å². The second-order valence-electron chi connectivity index (χ2n) is 6.17. The van der Waals surface area contributed by atoms with Gasteiger partial charge < -0.3 is 14.5 Å². The number of hydrogen-bond donors (Lipinski definition) is 2. The number of amides is 1. The molecule has 1 aliphatic rings. The maximum atomic E-state index is 12.1. The van der Waals surface area contributed by atoms with E-state index in [0.717, 1.165) is 34.6 Å². The molecule has 6 heteroatoms. The average molecular weight is 361 g/mol. The zero-order chi connectivity index (χ0) is 18.5. The van der Waals surface area contributed by atoms with E-state index in [1.54, 1.807) is 12.5 Å². The molecule has 1 aromatic heterocycles. The van der Waals surface area contributed by atoms with Crippen molar-refractivity contribution >= 4 is 23.4 Å². The Morgan fingerprint density at radius 1 is 1.26 bits per heavy atom. The summed E-state index contributed by atoms with van der Waals surface area (Å²) < 4.78 is 11.0. The normalized spacial score (nSPS) is 14.3. The number of aromatic amines is 1. The van der Waals surface area contributed by atoms with E-state index in [1.807, 2.05) is 54.6 Å². The number of ether oxygens (including phenoxy) is 2. The fourth-order valence-corrected chi connectivity index (χ4v) is 2.95. The van der Waals surface area contributed by atoms with Crippen LogP contribution in [0.25, 0.3) is 11.6 Å². The molecule has 0 atom stereocenters. The first kappa shape index (κ1) is 16.9. The van der Waals surface area contributed by atoms with Crippen molar-refractivity contribution in [2.24, 2.45) is 0 Å². The number of carbonyl (C=O) groups is 1. The van der Waals surface area contributed by atoms with Gasteiger partial charge in [-0.25, -0.2) is 9.78 Å². The summed E-state index contributed by atoms with van der Waals surface area (Å²) in [5.41, 5.74) is 4.61. The Bertz CT molecular complexity index is 950. The highest BCUT2D eigenvalue weighted by molar-refractivity contribution is 5.89. The number of H-pyrrole nitrogens is 1. The standard InChI is InChI=1S/C21H19N3O3/c25-21(27-13-15-4-2-1-3-5-15)24-17-6-7-20-19(11-17)16(8-9-26-20)10-18-12-22-14-23-18/h1-7,10-12,14H,8-9,13H2,(H,22,23)(H,24,25)/b16-10-. The molecule has 6 nitrogen and oxygen atoms in total. The minimum Gasteiger partial charge on any atom is -0.493 e. The molecule has 2 aromatic carbocycles. The summed E-state index contributed by atoms with van der Waals surface area (Å²) >= 11 is 0. The first-order chi connectivity index (χ1) is 13.3. The van der Waals surface area contributed by atoms with Gasteiger partial charge in [-0.15, -0.1) is 0 Å². The van der Waals surface area contributed by atoms with Gasteiger partial charge in [0.1, 0.15) is 12.4 Å². The SMILES string of the molecule is O=C(Nc1ccc2c(c1)/C(=C\c1cnc[nH]1)CCO2)OCc1ccccc1. The summed E-state index contributed by atoms with van der Waals surface area (Å²) in [5, 5.41) is 2.78. The van der Waals surface area contributed by atoms with Crippen LogP contribution in [0.2, 0.25) is 0 Å². The van der Waals surface area contributed by atoms with Crippen LogP contribution in [0.5, 0.6) is 5.75 Å². The summed E-state index contributed by atoms with van der Waals surface area (Å²) in [4.78, 5) is 19.2. The Hall–Kier alpha value is -3.54. The zero-order valence-electron chi connectivity index (χ0n) is 14.6. The molecule has 0 spiro atoms. The molecule has 1 amide bonds. The number of anilines is 1. The van der Waals surface area contributed by atoms with Crippen LogP contribution in [0.1, 0.15) is 23.2 Å².